The topological polar surface area (TPSA) is 34.2 Å². The summed E-state index contributed by atoms with van der Waals surface area (Å²) in [5.41, 5.74) is 10.3. The summed E-state index contributed by atoms with van der Waals surface area (Å²) in [5.74, 6) is 0. The van der Waals surface area contributed by atoms with E-state index in [1.807, 2.05) is 0 Å². The maximum Gasteiger partial charge on any atom is 0.0442 e. The van der Waals surface area contributed by atoms with Crippen LogP contribution in [-0.2, 0) is 20.1 Å². The molecule has 3 nitrogen and oxygen atoms in total. The summed E-state index contributed by atoms with van der Waals surface area (Å²) >= 11 is 0. The number of fused-ring (bicyclic) bond motifs is 1. The van der Waals surface area contributed by atoms with Crippen LogP contribution in [0.3, 0.4) is 0 Å². The molecule has 0 fully saturated rings. The quantitative estimate of drug-likeness (QED) is 0.873. The van der Waals surface area contributed by atoms with Crippen LogP contribution in [0.5, 0.6) is 0 Å². The Balaban J connectivity index is 1.79. The molecule has 2 heterocycles. The first-order chi connectivity index (χ1) is 8.74. The molecule has 1 aliphatic rings. The monoisotopic (exact) mass is 241 g/mol. The van der Waals surface area contributed by atoms with Gasteiger partial charge in [-0.25, -0.2) is 0 Å². The number of rotatable bonds is 2. The first kappa shape index (κ1) is 11.5. The lowest BCUT2D eigenvalue weighted by atomic mass is 10.0. The maximum absolute atomic E-state index is 6.25. The molecule has 3 heteroatoms. The molecular formula is C15H19N3. The molecule has 18 heavy (non-hydrogen) atoms. The van der Waals surface area contributed by atoms with Crippen molar-refractivity contribution in [2.45, 2.75) is 19.1 Å². The zero-order chi connectivity index (χ0) is 12.5. The van der Waals surface area contributed by atoms with Crippen molar-refractivity contribution in [2.24, 2.45) is 12.8 Å². The number of aromatic nitrogens is 1. The van der Waals surface area contributed by atoms with Gasteiger partial charge in [-0.05, 0) is 17.2 Å². The highest BCUT2D eigenvalue weighted by Gasteiger charge is 2.24. The minimum atomic E-state index is 0.138. The summed E-state index contributed by atoms with van der Waals surface area (Å²) in [6.07, 6.45) is 2.11. The van der Waals surface area contributed by atoms with Crippen LogP contribution in [0.15, 0.2) is 42.6 Å². The second-order valence-electron chi connectivity index (χ2n) is 5.09. The lowest BCUT2D eigenvalue weighted by molar-refractivity contribution is 0.217. The van der Waals surface area contributed by atoms with Gasteiger partial charge < -0.3 is 10.3 Å². The maximum atomic E-state index is 6.25. The fraction of sp³-hybridized carbons (Fsp3) is 0.333. The van der Waals surface area contributed by atoms with Gasteiger partial charge in [0.2, 0.25) is 0 Å². The molecule has 2 aromatic rings. The van der Waals surface area contributed by atoms with E-state index in [0.717, 1.165) is 19.6 Å². The van der Waals surface area contributed by atoms with Crippen LogP contribution in [0.2, 0.25) is 0 Å². The van der Waals surface area contributed by atoms with E-state index in [0.29, 0.717) is 0 Å². The van der Waals surface area contributed by atoms with Crippen molar-refractivity contribution in [3.8, 4) is 0 Å². The average molecular weight is 241 g/mol. The molecule has 3 rings (SSSR count). The first-order valence-electron chi connectivity index (χ1n) is 6.40. The van der Waals surface area contributed by atoms with Crippen LogP contribution in [0.1, 0.15) is 22.9 Å². The summed E-state index contributed by atoms with van der Waals surface area (Å²) in [6.45, 7) is 2.90. The van der Waals surface area contributed by atoms with Crippen molar-refractivity contribution >= 4 is 0 Å². The molecule has 0 amide bonds. The smallest absolute Gasteiger partial charge is 0.0442 e. The Morgan fingerprint density at radius 1 is 1.22 bits per heavy atom. The van der Waals surface area contributed by atoms with Crippen LogP contribution in [0.25, 0.3) is 0 Å². The Bertz CT molecular complexity index is 530. The van der Waals surface area contributed by atoms with Gasteiger partial charge >= 0.3 is 0 Å². The molecule has 0 spiro atoms. The molecule has 0 aliphatic carbocycles. The number of aryl methyl sites for hydroxylation is 1. The molecule has 1 aromatic carbocycles. The van der Waals surface area contributed by atoms with Crippen LogP contribution in [-0.4, -0.2) is 16.0 Å². The standard InChI is InChI=1S/C15H19N3/c1-17-8-7-13-14(16)10-18(11-15(13)17)9-12-5-3-2-4-6-12/h2-8,14H,9-11,16H2,1H3. The van der Waals surface area contributed by atoms with Gasteiger partial charge in [0.1, 0.15) is 0 Å². The van der Waals surface area contributed by atoms with Crippen molar-refractivity contribution in [3.05, 3.63) is 59.4 Å². The van der Waals surface area contributed by atoms with Crippen molar-refractivity contribution in [3.63, 3.8) is 0 Å². The van der Waals surface area contributed by atoms with Crippen LogP contribution in [0.4, 0.5) is 0 Å². The average Bonchev–Trinajstić information content (AvgIpc) is 2.73. The Morgan fingerprint density at radius 3 is 2.78 bits per heavy atom. The number of nitrogens with two attached hydrogens (primary N) is 1. The van der Waals surface area contributed by atoms with Crippen molar-refractivity contribution < 1.29 is 0 Å². The number of benzene rings is 1. The van der Waals surface area contributed by atoms with Gasteiger partial charge in [-0.3, -0.25) is 4.90 Å². The van der Waals surface area contributed by atoms with Crippen LogP contribution in [0, 0.1) is 0 Å². The predicted molar refractivity (Wildman–Crippen MR) is 72.9 cm³/mol. The number of hydrogen-bond acceptors (Lipinski definition) is 2. The highest BCUT2D eigenvalue weighted by molar-refractivity contribution is 5.28. The van der Waals surface area contributed by atoms with Crippen molar-refractivity contribution in [2.75, 3.05) is 6.54 Å². The van der Waals surface area contributed by atoms with Gasteiger partial charge in [0, 0.05) is 44.6 Å². The molecule has 94 valence electrons. The SMILES string of the molecule is Cn1ccc2c1CN(Cc1ccccc1)CC2N. The van der Waals surface area contributed by atoms with E-state index >= 15 is 0 Å². The third-order valence-electron chi connectivity index (χ3n) is 3.71. The van der Waals surface area contributed by atoms with E-state index in [4.69, 9.17) is 5.73 Å². The molecule has 2 N–H and O–H groups in total. The number of hydrogen-bond donors (Lipinski definition) is 1. The predicted octanol–water partition coefficient (Wildman–Crippen LogP) is 2.04. The van der Waals surface area contributed by atoms with E-state index in [-0.39, 0.29) is 6.04 Å². The molecular weight excluding hydrogens is 222 g/mol. The molecule has 0 bridgehead atoms. The zero-order valence-corrected chi connectivity index (χ0v) is 10.7. The van der Waals surface area contributed by atoms with Gasteiger partial charge in [-0.2, -0.15) is 0 Å². The summed E-state index contributed by atoms with van der Waals surface area (Å²) in [7, 11) is 2.09. The summed E-state index contributed by atoms with van der Waals surface area (Å²) in [6, 6.07) is 12.9. The highest BCUT2D eigenvalue weighted by atomic mass is 15.2. The minimum absolute atomic E-state index is 0.138. The number of nitrogens with zero attached hydrogens (tertiary/aromatic N) is 2. The third-order valence-corrected chi connectivity index (χ3v) is 3.71. The summed E-state index contributed by atoms with van der Waals surface area (Å²) in [4.78, 5) is 2.42. The molecule has 1 aliphatic heterocycles. The van der Waals surface area contributed by atoms with Gasteiger partial charge in [0.15, 0.2) is 0 Å². The van der Waals surface area contributed by atoms with E-state index in [9.17, 15) is 0 Å². The fourth-order valence-corrected chi connectivity index (χ4v) is 2.74. The van der Waals surface area contributed by atoms with E-state index in [1.165, 1.54) is 16.8 Å². The minimum Gasteiger partial charge on any atom is -0.353 e. The summed E-state index contributed by atoms with van der Waals surface area (Å²) < 4.78 is 2.19. The second kappa shape index (κ2) is 4.59. The van der Waals surface area contributed by atoms with Crippen LogP contribution >= 0.6 is 0 Å². The molecule has 0 saturated heterocycles. The van der Waals surface area contributed by atoms with E-state index in [1.54, 1.807) is 0 Å². The Hall–Kier alpha value is -1.58. The largest absolute Gasteiger partial charge is 0.353 e. The fourth-order valence-electron chi connectivity index (χ4n) is 2.74. The zero-order valence-electron chi connectivity index (χ0n) is 10.7. The Morgan fingerprint density at radius 2 is 2.00 bits per heavy atom. The van der Waals surface area contributed by atoms with Crippen molar-refractivity contribution in [1.29, 1.82) is 0 Å². The molecule has 0 saturated carbocycles. The third kappa shape index (κ3) is 2.07. The van der Waals surface area contributed by atoms with E-state index < -0.39 is 0 Å². The molecule has 0 radical (unpaired) electrons. The Labute approximate surface area is 108 Å². The van der Waals surface area contributed by atoms with Crippen LogP contribution < -0.4 is 5.73 Å². The summed E-state index contributed by atoms with van der Waals surface area (Å²) in [5, 5.41) is 0. The normalized spacial score (nSPS) is 19.8. The highest BCUT2D eigenvalue weighted by Crippen LogP contribution is 2.26. The Kier molecular flexibility index (Phi) is 2.94. The van der Waals surface area contributed by atoms with Gasteiger partial charge in [-0.1, -0.05) is 30.3 Å². The van der Waals surface area contributed by atoms with Gasteiger partial charge in [0.25, 0.3) is 0 Å². The van der Waals surface area contributed by atoms with Gasteiger partial charge in [0.05, 0.1) is 0 Å². The van der Waals surface area contributed by atoms with Crippen molar-refractivity contribution in [1.82, 2.24) is 9.47 Å². The molecule has 1 unspecified atom stereocenters. The molecule has 1 aromatic heterocycles. The first-order valence-corrected chi connectivity index (χ1v) is 6.40. The lowest BCUT2D eigenvalue weighted by Crippen LogP contribution is -2.37. The lowest BCUT2D eigenvalue weighted by Gasteiger charge is -2.31. The van der Waals surface area contributed by atoms with Gasteiger partial charge in [-0.15, -0.1) is 0 Å². The molecule has 1 atom stereocenters. The second-order valence-corrected chi connectivity index (χ2v) is 5.09. The van der Waals surface area contributed by atoms with E-state index in [2.05, 4.69) is 59.1 Å².